The zero-order chi connectivity index (χ0) is 24.1. The molecule has 9 heteroatoms. The van der Waals surface area contributed by atoms with Crippen LogP contribution < -0.4 is 10.1 Å². The molecule has 0 unspecified atom stereocenters. The Labute approximate surface area is 207 Å². The van der Waals surface area contributed by atoms with Crippen LogP contribution in [-0.4, -0.2) is 21.9 Å². The molecule has 1 aromatic carbocycles. The van der Waals surface area contributed by atoms with E-state index in [1.807, 2.05) is 30.3 Å². The molecule has 0 saturated heterocycles. The van der Waals surface area contributed by atoms with E-state index in [4.69, 9.17) is 9.15 Å². The molecule has 2 aromatic heterocycles. The third-order valence-corrected chi connectivity index (χ3v) is 8.52. The number of nitrogens with one attached hydrogen (secondary N) is 1. The molecule has 178 valence electrons. The van der Waals surface area contributed by atoms with Gasteiger partial charge in [0, 0.05) is 4.88 Å². The highest BCUT2D eigenvalue weighted by Crippen LogP contribution is 2.45. The van der Waals surface area contributed by atoms with Crippen molar-refractivity contribution >= 4 is 34.0 Å². The zero-order valence-electron chi connectivity index (χ0n) is 19.6. The van der Waals surface area contributed by atoms with Crippen molar-refractivity contribution in [3.05, 3.63) is 52.2 Å². The lowest BCUT2D eigenvalue weighted by molar-refractivity contribution is -0.113. The van der Waals surface area contributed by atoms with Crippen LogP contribution in [-0.2, 0) is 24.2 Å². The molecule has 1 aliphatic rings. The topological polar surface area (TPSA) is 101 Å². The summed E-state index contributed by atoms with van der Waals surface area (Å²) in [5.41, 5.74) is 1.99. The van der Waals surface area contributed by atoms with Crippen LogP contribution in [0.25, 0.3) is 0 Å². The number of fused-ring (bicyclic) bond motifs is 1. The standard InChI is InChI=1S/C25H28N4O3S2/c1-4-25(2,3)16-10-11-18-19(13-26)23(34-20(18)12-16)27-21(30)15-33-24-29-28-22(32-24)14-31-17-8-6-5-7-9-17/h5-9,16H,4,10-12,14-15H2,1-3H3,(H,27,30)/t16-/m0/s1. The summed E-state index contributed by atoms with van der Waals surface area (Å²) in [5, 5.41) is 21.6. The summed E-state index contributed by atoms with van der Waals surface area (Å²) in [7, 11) is 0. The average Bonchev–Trinajstić information content (AvgIpc) is 3.45. The lowest BCUT2D eigenvalue weighted by Crippen LogP contribution is -2.28. The van der Waals surface area contributed by atoms with Gasteiger partial charge < -0.3 is 14.5 Å². The fourth-order valence-electron chi connectivity index (χ4n) is 4.05. The van der Waals surface area contributed by atoms with E-state index in [1.165, 1.54) is 4.88 Å². The fraction of sp³-hybridized carbons (Fsp3) is 0.440. The van der Waals surface area contributed by atoms with Crippen molar-refractivity contribution in [3.8, 4) is 11.8 Å². The number of nitrogens with zero attached hydrogens (tertiary/aromatic N) is 3. The Hall–Kier alpha value is -2.83. The number of amides is 1. The van der Waals surface area contributed by atoms with Crippen molar-refractivity contribution in [2.24, 2.45) is 11.3 Å². The molecule has 0 spiro atoms. The van der Waals surface area contributed by atoms with E-state index in [9.17, 15) is 10.1 Å². The van der Waals surface area contributed by atoms with E-state index >= 15 is 0 Å². The van der Waals surface area contributed by atoms with Crippen molar-refractivity contribution in [3.63, 3.8) is 0 Å². The lowest BCUT2D eigenvalue weighted by atomic mass is 9.69. The number of hydrogen-bond acceptors (Lipinski definition) is 8. The Morgan fingerprint density at radius 3 is 2.88 bits per heavy atom. The van der Waals surface area contributed by atoms with Gasteiger partial charge >= 0.3 is 0 Å². The maximum absolute atomic E-state index is 12.6. The molecule has 1 aliphatic carbocycles. The molecule has 1 amide bonds. The maximum Gasteiger partial charge on any atom is 0.277 e. The highest BCUT2D eigenvalue weighted by molar-refractivity contribution is 7.99. The van der Waals surface area contributed by atoms with Gasteiger partial charge in [-0.05, 0) is 48.3 Å². The van der Waals surface area contributed by atoms with Crippen LogP contribution in [0.3, 0.4) is 0 Å². The molecule has 3 aromatic rings. The monoisotopic (exact) mass is 496 g/mol. The van der Waals surface area contributed by atoms with Crippen molar-refractivity contribution in [1.29, 1.82) is 5.26 Å². The molecule has 0 saturated carbocycles. The van der Waals surface area contributed by atoms with Gasteiger partial charge in [0.2, 0.25) is 5.91 Å². The second kappa shape index (κ2) is 10.6. The number of carbonyl (C=O) groups is 1. The second-order valence-electron chi connectivity index (χ2n) is 9.00. The van der Waals surface area contributed by atoms with Gasteiger partial charge in [0.15, 0.2) is 6.61 Å². The molecule has 4 rings (SSSR count). The molecule has 34 heavy (non-hydrogen) atoms. The number of thioether (sulfide) groups is 1. The molecular weight excluding hydrogens is 468 g/mol. The van der Waals surface area contributed by atoms with E-state index in [1.54, 1.807) is 11.3 Å². The van der Waals surface area contributed by atoms with Crippen LogP contribution in [0.15, 0.2) is 40.0 Å². The van der Waals surface area contributed by atoms with Gasteiger partial charge in [-0.15, -0.1) is 21.5 Å². The number of ether oxygens (including phenoxy) is 1. The minimum absolute atomic E-state index is 0.111. The first-order valence-corrected chi connectivity index (χ1v) is 13.2. The zero-order valence-corrected chi connectivity index (χ0v) is 21.2. The van der Waals surface area contributed by atoms with E-state index in [-0.39, 0.29) is 23.7 Å². The van der Waals surface area contributed by atoms with Crippen LogP contribution in [0.5, 0.6) is 5.75 Å². The molecule has 0 aliphatic heterocycles. The van der Waals surface area contributed by atoms with Gasteiger partial charge in [-0.3, -0.25) is 4.79 Å². The largest absolute Gasteiger partial charge is 0.484 e. The Morgan fingerprint density at radius 1 is 1.35 bits per heavy atom. The highest BCUT2D eigenvalue weighted by atomic mass is 32.2. The number of anilines is 1. The summed E-state index contributed by atoms with van der Waals surface area (Å²) in [6.07, 6.45) is 4.06. The molecule has 0 radical (unpaired) electrons. The number of rotatable bonds is 9. The lowest BCUT2D eigenvalue weighted by Gasteiger charge is -2.36. The summed E-state index contributed by atoms with van der Waals surface area (Å²) < 4.78 is 11.2. The fourth-order valence-corrected chi connectivity index (χ4v) is 5.93. The SMILES string of the molecule is CCC(C)(C)[C@H]1CCc2c(sc(NC(=O)CSc3nnc(COc4ccccc4)o3)c2C#N)C1. The predicted octanol–water partition coefficient (Wildman–Crippen LogP) is 5.85. The van der Waals surface area contributed by atoms with Gasteiger partial charge in [0.05, 0.1) is 11.3 Å². The second-order valence-corrected chi connectivity index (χ2v) is 11.0. The third kappa shape index (κ3) is 5.62. The molecule has 7 nitrogen and oxygen atoms in total. The summed E-state index contributed by atoms with van der Waals surface area (Å²) in [4.78, 5) is 13.8. The molecule has 0 fully saturated rings. The maximum atomic E-state index is 12.6. The Kier molecular flexibility index (Phi) is 7.59. The van der Waals surface area contributed by atoms with E-state index in [0.29, 0.717) is 33.3 Å². The average molecular weight is 497 g/mol. The van der Waals surface area contributed by atoms with Crippen LogP contribution in [0.4, 0.5) is 5.00 Å². The van der Waals surface area contributed by atoms with Crippen LogP contribution in [0, 0.1) is 22.7 Å². The minimum Gasteiger partial charge on any atom is -0.484 e. The van der Waals surface area contributed by atoms with Gasteiger partial charge in [-0.1, -0.05) is 57.2 Å². The van der Waals surface area contributed by atoms with Gasteiger partial charge in [0.25, 0.3) is 11.1 Å². The molecule has 1 atom stereocenters. The molecule has 2 heterocycles. The number of benzene rings is 1. The van der Waals surface area contributed by atoms with Gasteiger partial charge in [-0.2, -0.15) is 5.26 Å². The summed E-state index contributed by atoms with van der Waals surface area (Å²) >= 11 is 2.70. The summed E-state index contributed by atoms with van der Waals surface area (Å²) in [6.45, 7) is 7.03. The number of carbonyl (C=O) groups excluding carboxylic acids is 1. The van der Waals surface area contributed by atoms with Crippen LogP contribution >= 0.6 is 23.1 Å². The van der Waals surface area contributed by atoms with E-state index in [2.05, 4.69) is 42.4 Å². The van der Waals surface area contributed by atoms with Crippen molar-refractivity contribution in [2.45, 2.75) is 58.3 Å². The minimum atomic E-state index is -0.203. The van der Waals surface area contributed by atoms with E-state index < -0.39 is 0 Å². The highest BCUT2D eigenvalue weighted by Gasteiger charge is 2.34. The van der Waals surface area contributed by atoms with E-state index in [0.717, 1.165) is 43.0 Å². The summed E-state index contributed by atoms with van der Waals surface area (Å²) in [6, 6.07) is 11.7. The van der Waals surface area contributed by atoms with Gasteiger partial charge in [0.1, 0.15) is 16.8 Å². The molecular formula is C25H28N4O3S2. The number of aromatic nitrogens is 2. The molecule has 0 bridgehead atoms. The van der Waals surface area contributed by atoms with Crippen molar-refractivity contribution in [2.75, 3.05) is 11.1 Å². The van der Waals surface area contributed by atoms with Crippen molar-refractivity contribution in [1.82, 2.24) is 10.2 Å². The predicted molar refractivity (Wildman–Crippen MR) is 133 cm³/mol. The number of hydrogen-bond donors (Lipinski definition) is 1. The van der Waals surface area contributed by atoms with Crippen LogP contribution in [0.2, 0.25) is 0 Å². The number of thiophene rings is 1. The smallest absolute Gasteiger partial charge is 0.277 e. The first-order valence-electron chi connectivity index (χ1n) is 11.4. The summed E-state index contributed by atoms with van der Waals surface area (Å²) in [5.74, 6) is 1.55. The first-order chi connectivity index (χ1) is 16.4. The normalized spacial score (nSPS) is 15.4. The molecule has 1 N–H and O–H groups in total. The van der Waals surface area contributed by atoms with Gasteiger partial charge in [-0.25, -0.2) is 0 Å². The Morgan fingerprint density at radius 2 is 2.15 bits per heavy atom. The number of nitriles is 1. The third-order valence-electron chi connectivity index (χ3n) is 6.53. The Bertz CT molecular complexity index is 1180. The quantitative estimate of drug-likeness (QED) is 0.371. The number of para-hydroxylation sites is 1. The van der Waals surface area contributed by atoms with Crippen molar-refractivity contribution < 1.29 is 13.9 Å². The Balaban J connectivity index is 1.32. The first kappa shape index (κ1) is 24.3. The van der Waals surface area contributed by atoms with Crippen LogP contribution in [0.1, 0.15) is 55.5 Å².